The van der Waals surface area contributed by atoms with Gasteiger partial charge in [0.05, 0.1) is 0 Å². The van der Waals surface area contributed by atoms with E-state index in [2.05, 4.69) is 27.4 Å². The van der Waals surface area contributed by atoms with Crippen molar-refractivity contribution in [1.82, 2.24) is 0 Å². The van der Waals surface area contributed by atoms with Gasteiger partial charge in [0.2, 0.25) is 0 Å². The first kappa shape index (κ1) is 9.93. The van der Waals surface area contributed by atoms with Gasteiger partial charge in [0.1, 0.15) is 0 Å². The van der Waals surface area contributed by atoms with Crippen molar-refractivity contribution < 1.29 is 0 Å². The summed E-state index contributed by atoms with van der Waals surface area (Å²) in [6, 6.07) is 0. The lowest BCUT2D eigenvalue weighted by atomic mass is 9.69. The van der Waals surface area contributed by atoms with Crippen LogP contribution in [0.4, 0.5) is 0 Å². The van der Waals surface area contributed by atoms with Crippen molar-refractivity contribution in [3.8, 4) is 0 Å². The summed E-state index contributed by atoms with van der Waals surface area (Å²) < 4.78 is 0. The van der Waals surface area contributed by atoms with Gasteiger partial charge in [-0.15, -0.1) is 0 Å². The van der Waals surface area contributed by atoms with E-state index in [1.165, 1.54) is 32.1 Å². The summed E-state index contributed by atoms with van der Waals surface area (Å²) in [5.74, 6) is 2.79. The minimum atomic E-state index is 0.515. The van der Waals surface area contributed by atoms with E-state index in [1.807, 2.05) is 0 Å². The molecule has 3 aliphatic carbocycles. The van der Waals surface area contributed by atoms with Crippen LogP contribution < -0.4 is 0 Å². The van der Waals surface area contributed by atoms with E-state index >= 15 is 0 Å². The van der Waals surface area contributed by atoms with E-state index in [9.17, 15) is 0 Å². The van der Waals surface area contributed by atoms with Crippen LogP contribution in [0.3, 0.4) is 0 Å². The minimum Gasteiger partial charge on any atom is -0.0990 e. The maximum absolute atomic E-state index is 4.46. The molecular weight excluding hydrogens is 180 g/mol. The van der Waals surface area contributed by atoms with E-state index in [-0.39, 0.29) is 0 Å². The van der Waals surface area contributed by atoms with E-state index < -0.39 is 0 Å². The summed E-state index contributed by atoms with van der Waals surface area (Å²) in [6.07, 6.45) is 7.18. The van der Waals surface area contributed by atoms with Crippen LogP contribution in [0, 0.1) is 28.6 Å². The van der Waals surface area contributed by atoms with E-state index in [4.69, 9.17) is 0 Å². The first-order chi connectivity index (χ1) is 6.97. The molecule has 4 bridgehead atoms. The first-order valence-electron chi connectivity index (χ1n) is 6.66. The standard InChI is InChI=1S/C15H24/c1-10-11-6-7-12-13(11)14(2,3)8-5-9-15(10,12)4/h11-13H,1,5-9H2,2-4H3/t11-,12+,13?,15+/m1/s1. The van der Waals surface area contributed by atoms with Gasteiger partial charge in [-0.25, -0.2) is 0 Å². The molecule has 0 aromatic heterocycles. The number of hydrogen-bond donors (Lipinski definition) is 0. The molecular formula is C15H24. The van der Waals surface area contributed by atoms with Crippen LogP contribution in [-0.2, 0) is 0 Å². The van der Waals surface area contributed by atoms with Crippen molar-refractivity contribution >= 4 is 0 Å². The summed E-state index contributed by atoms with van der Waals surface area (Å²) in [6.45, 7) is 12.0. The Bertz CT molecular complexity index is 312. The molecule has 0 nitrogen and oxygen atoms in total. The van der Waals surface area contributed by atoms with Crippen LogP contribution in [0.1, 0.15) is 52.9 Å². The Labute approximate surface area is 94.1 Å². The second-order valence-electron chi connectivity index (χ2n) is 7.10. The third-order valence-electron chi connectivity index (χ3n) is 6.07. The summed E-state index contributed by atoms with van der Waals surface area (Å²) in [5, 5.41) is 0. The van der Waals surface area contributed by atoms with Gasteiger partial charge in [0.15, 0.2) is 0 Å². The molecule has 0 N–H and O–H groups in total. The molecule has 0 heteroatoms. The summed E-state index contributed by atoms with van der Waals surface area (Å²) >= 11 is 0. The predicted octanol–water partition coefficient (Wildman–Crippen LogP) is 4.42. The van der Waals surface area contributed by atoms with Crippen LogP contribution in [-0.4, -0.2) is 0 Å². The Hall–Kier alpha value is -0.260. The minimum absolute atomic E-state index is 0.515. The quantitative estimate of drug-likeness (QED) is 0.513. The molecule has 0 amide bonds. The van der Waals surface area contributed by atoms with Gasteiger partial charge in [-0.3, -0.25) is 0 Å². The molecule has 0 aromatic carbocycles. The molecule has 0 aliphatic heterocycles. The Morgan fingerprint density at radius 2 is 1.87 bits per heavy atom. The van der Waals surface area contributed by atoms with Crippen molar-refractivity contribution in [2.75, 3.05) is 0 Å². The van der Waals surface area contributed by atoms with Crippen molar-refractivity contribution in [2.24, 2.45) is 28.6 Å². The van der Waals surface area contributed by atoms with Crippen LogP contribution >= 0.6 is 0 Å². The Balaban J connectivity index is 2.10. The Kier molecular flexibility index (Phi) is 1.79. The fourth-order valence-corrected chi connectivity index (χ4v) is 5.28. The van der Waals surface area contributed by atoms with Crippen molar-refractivity contribution in [1.29, 1.82) is 0 Å². The highest BCUT2D eigenvalue weighted by Gasteiger charge is 2.61. The third kappa shape index (κ3) is 1.04. The molecule has 0 radical (unpaired) electrons. The molecule has 4 atom stereocenters. The maximum atomic E-state index is 4.46. The van der Waals surface area contributed by atoms with Crippen molar-refractivity contribution in [3.05, 3.63) is 12.2 Å². The third-order valence-corrected chi connectivity index (χ3v) is 6.07. The lowest BCUT2D eigenvalue weighted by molar-refractivity contribution is 0.141. The highest BCUT2D eigenvalue weighted by atomic mass is 14.7. The molecule has 3 rings (SSSR count). The second kappa shape index (κ2) is 2.70. The largest absolute Gasteiger partial charge is 0.0990 e. The van der Waals surface area contributed by atoms with Gasteiger partial charge < -0.3 is 0 Å². The average molecular weight is 204 g/mol. The maximum Gasteiger partial charge on any atom is -0.00849 e. The lowest BCUT2D eigenvalue weighted by Crippen LogP contribution is -2.28. The zero-order valence-electron chi connectivity index (χ0n) is 10.5. The molecule has 3 aliphatic rings. The van der Waals surface area contributed by atoms with Gasteiger partial charge >= 0.3 is 0 Å². The zero-order valence-corrected chi connectivity index (χ0v) is 10.5. The van der Waals surface area contributed by atoms with Gasteiger partial charge in [-0.05, 0) is 54.3 Å². The lowest BCUT2D eigenvalue weighted by Gasteiger charge is -2.35. The molecule has 0 heterocycles. The average Bonchev–Trinajstić information content (AvgIpc) is 2.63. The molecule has 0 aromatic rings. The highest BCUT2D eigenvalue weighted by Crippen LogP contribution is 2.70. The van der Waals surface area contributed by atoms with Crippen LogP contribution in [0.5, 0.6) is 0 Å². The van der Waals surface area contributed by atoms with Crippen LogP contribution in [0.25, 0.3) is 0 Å². The summed E-state index contributed by atoms with van der Waals surface area (Å²) in [4.78, 5) is 0. The molecule has 1 unspecified atom stereocenters. The highest BCUT2D eigenvalue weighted by molar-refractivity contribution is 5.29. The normalized spacial score (nSPS) is 51.9. The molecule has 84 valence electrons. The summed E-state index contributed by atoms with van der Waals surface area (Å²) in [7, 11) is 0. The number of allylic oxidation sites excluding steroid dienone is 1. The van der Waals surface area contributed by atoms with Gasteiger partial charge in [0.25, 0.3) is 0 Å². The molecule has 0 saturated heterocycles. The van der Waals surface area contributed by atoms with Crippen LogP contribution in [0.2, 0.25) is 0 Å². The molecule has 3 saturated carbocycles. The van der Waals surface area contributed by atoms with Crippen LogP contribution in [0.15, 0.2) is 12.2 Å². The first-order valence-corrected chi connectivity index (χ1v) is 6.66. The smallest absolute Gasteiger partial charge is 0.00849 e. The monoisotopic (exact) mass is 204 g/mol. The number of rotatable bonds is 0. The van der Waals surface area contributed by atoms with E-state index in [0.29, 0.717) is 10.8 Å². The fourth-order valence-electron chi connectivity index (χ4n) is 5.28. The van der Waals surface area contributed by atoms with E-state index in [0.717, 1.165) is 17.8 Å². The molecule has 0 spiro atoms. The molecule has 3 fully saturated rings. The van der Waals surface area contributed by atoms with Gasteiger partial charge in [-0.1, -0.05) is 39.3 Å². The van der Waals surface area contributed by atoms with E-state index in [1.54, 1.807) is 5.57 Å². The van der Waals surface area contributed by atoms with Crippen molar-refractivity contribution in [2.45, 2.75) is 52.9 Å². The topological polar surface area (TPSA) is 0 Å². The SMILES string of the molecule is C=C1[C@H]2CC[C@H]3C2C(C)(C)CCC[C@@]13C. The zero-order chi connectivity index (χ0) is 10.8. The predicted molar refractivity (Wildman–Crippen MR) is 64.6 cm³/mol. The van der Waals surface area contributed by atoms with Gasteiger partial charge in [0, 0.05) is 0 Å². The fraction of sp³-hybridized carbons (Fsp3) is 0.867. The second-order valence-corrected chi connectivity index (χ2v) is 7.10. The Morgan fingerprint density at radius 3 is 2.60 bits per heavy atom. The Morgan fingerprint density at radius 1 is 1.13 bits per heavy atom. The van der Waals surface area contributed by atoms with Crippen molar-refractivity contribution in [3.63, 3.8) is 0 Å². The summed E-state index contributed by atoms with van der Waals surface area (Å²) in [5.41, 5.74) is 2.71. The van der Waals surface area contributed by atoms with Gasteiger partial charge in [-0.2, -0.15) is 0 Å². The molecule has 15 heavy (non-hydrogen) atoms. The number of hydrogen-bond acceptors (Lipinski definition) is 0.